The van der Waals surface area contributed by atoms with Gasteiger partial charge in [-0.15, -0.1) is 0 Å². The maximum absolute atomic E-state index is 12.9. The molecular weight excluding hydrogens is 350 g/mol. The first-order valence-electron chi connectivity index (χ1n) is 6.38. The maximum atomic E-state index is 12.9. The van der Waals surface area contributed by atoms with Gasteiger partial charge in [0.15, 0.2) is 0 Å². The summed E-state index contributed by atoms with van der Waals surface area (Å²) in [5.74, 6) is -0.710. The third-order valence-electron chi connectivity index (χ3n) is 2.86. The zero-order valence-corrected chi connectivity index (χ0v) is 13.0. The minimum absolute atomic E-state index is 0.0677. The van der Waals surface area contributed by atoms with Crippen molar-refractivity contribution in [1.82, 2.24) is 0 Å². The maximum Gasteiger partial charge on any atom is 0.418 e. The molecule has 0 aliphatic carbocycles. The fourth-order valence-electron chi connectivity index (χ4n) is 1.81. The van der Waals surface area contributed by atoms with Gasteiger partial charge in [0.05, 0.1) is 11.3 Å². The van der Waals surface area contributed by atoms with E-state index < -0.39 is 17.6 Å². The minimum atomic E-state index is -4.63. The number of amides is 1. The summed E-state index contributed by atoms with van der Waals surface area (Å²) in [6.45, 7) is 0. The number of halogens is 5. The Morgan fingerprint density at radius 2 is 1.78 bits per heavy atom. The average molecular weight is 360 g/mol. The van der Waals surface area contributed by atoms with E-state index in [9.17, 15) is 18.0 Å². The van der Waals surface area contributed by atoms with Crippen LogP contribution in [-0.4, -0.2) is 5.91 Å². The van der Waals surface area contributed by atoms with E-state index in [0.29, 0.717) is 10.6 Å². The van der Waals surface area contributed by atoms with Crippen LogP contribution >= 0.6 is 23.2 Å². The standard InChI is InChI=1S/C16H10Cl2F3NO/c17-11-6-7-14(12(9-11)16(19,20)21)22-15(23)8-5-10-3-1-2-4-13(10)18/h1-9H,(H,22,23)/b8-5+. The van der Waals surface area contributed by atoms with Crippen molar-refractivity contribution >= 4 is 40.9 Å². The topological polar surface area (TPSA) is 29.1 Å². The van der Waals surface area contributed by atoms with Crippen LogP contribution in [0.4, 0.5) is 18.9 Å². The fraction of sp³-hybridized carbons (Fsp3) is 0.0625. The van der Waals surface area contributed by atoms with Gasteiger partial charge in [0.25, 0.3) is 0 Å². The van der Waals surface area contributed by atoms with Gasteiger partial charge in [0.2, 0.25) is 5.91 Å². The molecule has 0 fully saturated rings. The van der Waals surface area contributed by atoms with Crippen LogP contribution in [0.25, 0.3) is 6.08 Å². The Morgan fingerprint density at radius 3 is 2.43 bits per heavy atom. The minimum Gasteiger partial charge on any atom is -0.322 e. The smallest absolute Gasteiger partial charge is 0.322 e. The normalized spacial score (nSPS) is 11.7. The van der Waals surface area contributed by atoms with Crippen LogP contribution in [-0.2, 0) is 11.0 Å². The van der Waals surface area contributed by atoms with Gasteiger partial charge in [0.1, 0.15) is 0 Å². The van der Waals surface area contributed by atoms with Crippen molar-refractivity contribution in [2.75, 3.05) is 5.32 Å². The number of benzene rings is 2. The molecule has 0 unspecified atom stereocenters. The summed E-state index contributed by atoms with van der Waals surface area (Å²) in [6, 6.07) is 9.90. The van der Waals surface area contributed by atoms with Crippen LogP contribution in [0.2, 0.25) is 10.0 Å². The summed E-state index contributed by atoms with van der Waals surface area (Å²) in [4.78, 5) is 11.8. The van der Waals surface area contributed by atoms with E-state index in [-0.39, 0.29) is 10.7 Å². The van der Waals surface area contributed by atoms with Crippen LogP contribution < -0.4 is 5.32 Å². The first-order valence-corrected chi connectivity index (χ1v) is 7.13. The Labute approximate surface area is 140 Å². The molecule has 7 heteroatoms. The average Bonchev–Trinajstić information content (AvgIpc) is 2.47. The zero-order valence-electron chi connectivity index (χ0n) is 11.5. The summed E-state index contributed by atoms with van der Waals surface area (Å²) < 4.78 is 38.8. The van der Waals surface area contributed by atoms with Gasteiger partial charge in [-0.05, 0) is 35.9 Å². The van der Waals surface area contributed by atoms with E-state index in [2.05, 4.69) is 5.32 Å². The molecule has 2 rings (SSSR count). The molecule has 2 aromatic rings. The highest BCUT2D eigenvalue weighted by Gasteiger charge is 2.34. The third kappa shape index (κ3) is 4.74. The molecule has 23 heavy (non-hydrogen) atoms. The SMILES string of the molecule is O=C(/C=C/c1ccccc1Cl)Nc1ccc(Cl)cc1C(F)(F)F. The second-order valence-electron chi connectivity index (χ2n) is 4.53. The molecule has 0 saturated heterocycles. The number of rotatable bonds is 3. The molecule has 0 atom stereocenters. The van der Waals surface area contributed by atoms with Crippen molar-refractivity contribution < 1.29 is 18.0 Å². The summed E-state index contributed by atoms with van der Waals surface area (Å²) in [7, 11) is 0. The number of nitrogens with one attached hydrogen (secondary N) is 1. The van der Waals surface area contributed by atoms with Gasteiger partial charge in [-0.2, -0.15) is 13.2 Å². The molecule has 0 spiro atoms. The van der Waals surface area contributed by atoms with Crippen molar-refractivity contribution in [3.8, 4) is 0 Å². The first-order chi connectivity index (χ1) is 10.8. The predicted molar refractivity (Wildman–Crippen MR) is 85.6 cm³/mol. The Balaban J connectivity index is 2.20. The lowest BCUT2D eigenvalue weighted by molar-refractivity contribution is -0.136. The van der Waals surface area contributed by atoms with Crippen molar-refractivity contribution in [3.05, 3.63) is 69.7 Å². The number of carbonyl (C=O) groups excluding carboxylic acids is 1. The van der Waals surface area contributed by atoms with Gasteiger partial charge in [-0.3, -0.25) is 4.79 Å². The lowest BCUT2D eigenvalue weighted by Crippen LogP contribution is -2.14. The molecule has 2 aromatic carbocycles. The van der Waals surface area contributed by atoms with E-state index in [1.165, 1.54) is 12.1 Å². The summed E-state index contributed by atoms with van der Waals surface area (Å²) >= 11 is 11.5. The van der Waals surface area contributed by atoms with Crippen LogP contribution in [0.15, 0.2) is 48.5 Å². The molecule has 1 amide bonds. The first kappa shape index (κ1) is 17.4. The Kier molecular flexibility index (Phi) is 5.34. The quantitative estimate of drug-likeness (QED) is 0.703. The van der Waals surface area contributed by atoms with E-state index >= 15 is 0 Å². The second kappa shape index (κ2) is 7.06. The van der Waals surface area contributed by atoms with Crippen LogP contribution in [0, 0.1) is 0 Å². The van der Waals surface area contributed by atoms with Crippen molar-refractivity contribution in [1.29, 1.82) is 0 Å². The number of hydrogen-bond donors (Lipinski definition) is 1. The molecule has 0 aromatic heterocycles. The lowest BCUT2D eigenvalue weighted by atomic mass is 10.1. The van der Waals surface area contributed by atoms with Gasteiger partial charge in [-0.1, -0.05) is 41.4 Å². The zero-order chi connectivity index (χ0) is 17.0. The van der Waals surface area contributed by atoms with E-state index in [1.54, 1.807) is 24.3 Å². The fourth-order valence-corrected chi connectivity index (χ4v) is 2.18. The third-order valence-corrected chi connectivity index (χ3v) is 3.44. The molecule has 2 nitrogen and oxygen atoms in total. The molecule has 0 saturated carbocycles. The van der Waals surface area contributed by atoms with E-state index in [4.69, 9.17) is 23.2 Å². The summed E-state index contributed by atoms with van der Waals surface area (Å²) in [6.07, 6.45) is -2.10. The van der Waals surface area contributed by atoms with Crippen molar-refractivity contribution in [2.24, 2.45) is 0 Å². The summed E-state index contributed by atoms with van der Waals surface area (Å²) in [5.41, 5.74) is -0.795. The van der Waals surface area contributed by atoms with Gasteiger partial charge in [-0.25, -0.2) is 0 Å². The highest BCUT2D eigenvalue weighted by atomic mass is 35.5. The van der Waals surface area contributed by atoms with Crippen LogP contribution in [0.5, 0.6) is 0 Å². The predicted octanol–water partition coefficient (Wildman–Crippen LogP) is 5.66. The largest absolute Gasteiger partial charge is 0.418 e. The second-order valence-corrected chi connectivity index (χ2v) is 5.38. The molecular formula is C16H10Cl2F3NO. The summed E-state index contributed by atoms with van der Waals surface area (Å²) in [5, 5.41) is 2.55. The number of alkyl halides is 3. The molecule has 0 bridgehead atoms. The molecule has 0 aliphatic heterocycles. The Bertz CT molecular complexity index is 757. The van der Waals surface area contributed by atoms with Crippen LogP contribution in [0.1, 0.15) is 11.1 Å². The van der Waals surface area contributed by atoms with Crippen molar-refractivity contribution in [3.63, 3.8) is 0 Å². The highest BCUT2D eigenvalue weighted by Crippen LogP contribution is 2.36. The Morgan fingerprint density at radius 1 is 1.09 bits per heavy atom. The lowest BCUT2D eigenvalue weighted by Gasteiger charge is -2.13. The van der Waals surface area contributed by atoms with Crippen LogP contribution in [0.3, 0.4) is 0 Å². The monoisotopic (exact) mass is 359 g/mol. The Hall–Kier alpha value is -1.98. The number of hydrogen-bond acceptors (Lipinski definition) is 1. The molecule has 0 heterocycles. The highest BCUT2D eigenvalue weighted by molar-refractivity contribution is 6.32. The van der Waals surface area contributed by atoms with E-state index in [0.717, 1.165) is 18.2 Å². The molecule has 120 valence electrons. The van der Waals surface area contributed by atoms with E-state index in [1.807, 2.05) is 0 Å². The van der Waals surface area contributed by atoms with Gasteiger partial charge in [0, 0.05) is 16.1 Å². The number of carbonyl (C=O) groups is 1. The van der Waals surface area contributed by atoms with Gasteiger partial charge < -0.3 is 5.32 Å². The van der Waals surface area contributed by atoms with Gasteiger partial charge >= 0.3 is 6.18 Å². The molecule has 1 N–H and O–H groups in total. The number of anilines is 1. The molecule has 0 aliphatic rings. The van der Waals surface area contributed by atoms with Crippen molar-refractivity contribution in [2.45, 2.75) is 6.18 Å². The molecule has 0 radical (unpaired) electrons.